The van der Waals surface area contributed by atoms with Gasteiger partial charge in [-0.1, -0.05) is 0 Å². The molecule has 31 heavy (non-hydrogen) atoms. The van der Waals surface area contributed by atoms with Gasteiger partial charge in [-0.05, 0) is 45.9 Å². The number of aromatic nitrogens is 3. The van der Waals surface area contributed by atoms with Crippen molar-refractivity contribution in [2.45, 2.75) is 33.7 Å². The molecule has 7 nitrogen and oxygen atoms in total. The largest absolute Gasteiger partial charge is 0.422 e. The van der Waals surface area contributed by atoms with E-state index in [4.69, 9.17) is 4.42 Å². The molecule has 4 aromatic rings. The van der Waals surface area contributed by atoms with Gasteiger partial charge in [0.25, 0.3) is 0 Å². The SMILES string of the molecule is Cc1cn2cc(-c3cc4ccc(N5CCN(C(C)C)CC5)cc4oc3=O)nc2c(C)n1. The van der Waals surface area contributed by atoms with Crippen molar-refractivity contribution in [1.29, 1.82) is 0 Å². The maximum atomic E-state index is 12.8. The molecule has 0 bridgehead atoms. The molecule has 1 fully saturated rings. The number of nitrogens with zero attached hydrogens (tertiary/aromatic N) is 5. The summed E-state index contributed by atoms with van der Waals surface area (Å²) in [6, 6.07) is 8.56. The van der Waals surface area contributed by atoms with Crippen LogP contribution in [0.25, 0.3) is 27.9 Å². The van der Waals surface area contributed by atoms with E-state index in [1.165, 1.54) is 0 Å². The van der Waals surface area contributed by atoms with Crippen LogP contribution in [0.1, 0.15) is 25.2 Å². The Labute approximate surface area is 180 Å². The Balaban J connectivity index is 1.49. The van der Waals surface area contributed by atoms with Gasteiger partial charge in [0, 0.05) is 61.8 Å². The summed E-state index contributed by atoms with van der Waals surface area (Å²) in [5.74, 6) is 0. The molecule has 1 aliphatic heterocycles. The van der Waals surface area contributed by atoms with Crippen molar-refractivity contribution in [2.24, 2.45) is 0 Å². The Morgan fingerprint density at radius 3 is 2.52 bits per heavy atom. The summed E-state index contributed by atoms with van der Waals surface area (Å²) >= 11 is 0. The lowest BCUT2D eigenvalue weighted by atomic mass is 10.1. The smallest absolute Gasteiger partial charge is 0.345 e. The highest BCUT2D eigenvalue weighted by Gasteiger charge is 2.20. The predicted molar refractivity (Wildman–Crippen MR) is 123 cm³/mol. The van der Waals surface area contributed by atoms with Gasteiger partial charge in [0.1, 0.15) is 5.58 Å². The van der Waals surface area contributed by atoms with E-state index in [-0.39, 0.29) is 5.63 Å². The minimum atomic E-state index is -0.375. The van der Waals surface area contributed by atoms with E-state index in [2.05, 4.69) is 39.7 Å². The lowest BCUT2D eigenvalue weighted by Crippen LogP contribution is -2.48. The summed E-state index contributed by atoms with van der Waals surface area (Å²) in [5, 5.41) is 0.891. The molecule has 3 aromatic heterocycles. The topological polar surface area (TPSA) is 66.9 Å². The number of anilines is 1. The number of fused-ring (bicyclic) bond motifs is 2. The standard InChI is InChI=1S/C24H27N5O2/c1-15(2)27-7-9-28(10-8-27)19-6-5-18-11-20(24(30)31-22(18)12-19)21-14-29-13-16(3)25-17(4)23(29)26-21/h5-6,11-15H,7-10H2,1-4H3. The van der Waals surface area contributed by atoms with Crippen molar-refractivity contribution in [3.63, 3.8) is 0 Å². The van der Waals surface area contributed by atoms with Crippen molar-refractivity contribution in [2.75, 3.05) is 31.1 Å². The normalized spacial score (nSPS) is 15.5. The fourth-order valence-corrected chi connectivity index (χ4v) is 4.41. The van der Waals surface area contributed by atoms with Gasteiger partial charge in [0.05, 0.1) is 22.6 Å². The molecule has 7 heteroatoms. The molecule has 4 heterocycles. The quantitative estimate of drug-likeness (QED) is 0.474. The van der Waals surface area contributed by atoms with E-state index in [9.17, 15) is 4.79 Å². The second kappa shape index (κ2) is 7.50. The van der Waals surface area contributed by atoms with Crippen LogP contribution < -0.4 is 10.5 Å². The molecule has 5 rings (SSSR count). The summed E-state index contributed by atoms with van der Waals surface area (Å²) in [5.41, 5.74) is 4.87. The van der Waals surface area contributed by atoms with Crippen molar-refractivity contribution in [3.8, 4) is 11.3 Å². The van der Waals surface area contributed by atoms with Crippen LogP contribution in [0.4, 0.5) is 5.69 Å². The number of piperazine rings is 1. The zero-order valence-corrected chi connectivity index (χ0v) is 18.4. The van der Waals surface area contributed by atoms with Gasteiger partial charge in [-0.15, -0.1) is 0 Å². The fourth-order valence-electron chi connectivity index (χ4n) is 4.41. The van der Waals surface area contributed by atoms with Gasteiger partial charge in [0.2, 0.25) is 0 Å². The molecule has 0 spiro atoms. The first-order valence-electron chi connectivity index (χ1n) is 10.8. The maximum absolute atomic E-state index is 12.8. The minimum Gasteiger partial charge on any atom is -0.422 e. The van der Waals surface area contributed by atoms with E-state index < -0.39 is 0 Å². The van der Waals surface area contributed by atoms with E-state index >= 15 is 0 Å². The van der Waals surface area contributed by atoms with Gasteiger partial charge in [-0.2, -0.15) is 0 Å². The number of aryl methyl sites for hydroxylation is 2. The van der Waals surface area contributed by atoms with E-state index in [0.717, 1.165) is 54.3 Å². The Morgan fingerprint density at radius 1 is 1.00 bits per heavy atom. The molecule has 1 saturated heterocycles. The van der Waals surface area contributed by atoms with Gasteiger partial charge in [0.15, 0.2) is 5.65 Å². The molecular weight excluding hydrogens is 390 g/mol. The lowest BCUT2D eigenvalue weighted by molar-refractivity contribution is 0.209. The zero-order valence-electron chi connectivity index (χ0n) is 18.4. The van der Waals surface area contributed by atoms with Crippen LogP contribution in [0.2, 0.25) is 0 Å². The molecule has 0 unspecified atom stereocenters. The molecule has 0 atom stereocenters. The molecule has 0 saturated carbocycles. The van der Waals surface area contributed by atoms with E-state index in [1.807, 2.05) is 48.8 Å². The van der Waals surface area contributed by atoms with Gasteiger partial charge >= 0.3 is 5.63 Å². The van der Waals surface area contributed by atoms with Crippen LogP contribution >= 0.6 is 0 Å². The van der Waals surface area contributed by atoms with E-state index in [1.54, 1.807) is 0 Å². The molecular formula is C24H27N5O2. The summed E-state index contributed by atoms with van der Waals surface area (Å²) in [6.45, 7) is 12.4. The van der Waals surface area contributed by atoms with Crippen LogP contribution in [0.15, 0.2) is 45.9 Å². The third-order valence-electron chi connectivity index (χ3n) is 6.13. The summed E-state index contributed by atoms with van der Waals surface area (Å²) in [7, 11) is 0. The number of hydrogen-bond acceptors (Lipinski definition) is 6. The number of rotatable bonds is 3. The summed E-state index contributed by atoms with van der Waals surface area (Å²) in [6.07, 6.45) is 3.77. The Morgan fingerprint density at radius 2 is 1.77 bits per heavy atom. The van der Waals surface area contributed by atoms with Crippen molar-refractivity contribution >= 4 is 22.3 Å². The summed E-state index contributed by atoms with van der Waals surface area (Å²) in [4.78, 5) is 26.7. The highest BCUT2D eigenvalue weighted by molar-refractivity contribution is 5.84. The van der Waals surface area contributed by atoms with Crippen LogP contribution in [0.5, 0.6) is 0 Å². The number of benzene rings is 1. The van der Waals surface area contributed by atoms with Crippen molar-refractivity contribution in [3.05, 3.63) is 58.5 Å². The Kier molecular flexibility index (Phi) is 4.78. The molecule has 1 aliphatic rings. The van der Waals surface area contributed by atoms with Crippen LogP contribution in [0, 0.1) is 13.8 Å². The molecule has 0 N–H and O–H groups in total. The van der Waals surface area contributed by atoms with Crippen LogP contribution in [-0.4, -0.2) is 51.5 Å². The minimum absolute atomic E-state index is 0.375. The molecule has 0 radical (unpaired) electrons. The summed E-state index contributed by atoms with van der Waals surface area (Å²) < 4.78 is 7.64. The fraction of sp³-hybridized carbons (Fsp3) is 0.375. The van der Waals surface area contributed by atoms with Crippen LogP contribution in [-0.2, 0) is 0 Å². The second-order valence-corrected chi connectivity index (χ2v) is 8.61. The third kappa shape index (κ3) is 3.59. The average Bonchev–Trinajstić information content (AvgIpc) is 3.17. The predicted octanol–water partition coefficient (Wildman–Crippen LogP) is 3.65. The molecule has 1 aromatic carbocycles. The average molecular weight is 418 g/mol. The van der Waals surface area contributed by atoms with Crippen LogP contribution in [0.3, 0.4) is 0 Å². The van der Waals surface area contributed by atoms with Gasteiger partial charge in [-0.25, -0.2) is 9.78 Å². The molecule has 0 amide bonds. The number of hydrogen-bond donors (Lipinski definition) is 0. The first-order chi connectivity index (χ1) is 14.9. The number of imidazole rings is 1. The highest BCUT2D eigenvalue weighted by atomic mass is 16.4. The van der Waals surface area contributed by atoms with Crippen molar-refractivity contribution in [1.82, 2.24) is 19.3 Å². The Bertz CT molecular complexity index is 1330. The monoisotopic (exact) mass is 417 g/mol. The van der Waals surface area contributed by atoms with Gasteiger partial charge in [-0.3, -0.25) is 9.88 Å². The van der Waals surface area contributed by atoms with Crippen molar-refractivity contribution < 1.29 is 4.42 Å². The first-order valence-corrected chi connectivity index (χ1v) is 10.8. The highest BCUT2D eigenvalue weighted by Crippen LogP contribution is 2.26. The molecule has 160 valence electrons. The molecule has 0 aliphatic carbocycles. The maximum Gasteiger partial charge on any atom is 0.345 e. The zero-order chi connectivity index (χ0) is 21.7. The van der Waals surface area contributed by atoms with Gasteiger partial charge < -0.3 is 13.7 Å². The second-order valence-electron chi connectivity index (χ2n) is 8.61. The lowest BCUT2D eigenvalue weighted by Gasteiger charge is -2.38. The Hall–Kier alpha value is -3.19. The third-order valence-corrected chi connectivity index (χ3v) is 6.13. The first kappa shape index (κ1) is 19.8. The van der Waals surface area contributed by atoms with E-state index in [0.29, 0.717) is 22.9 Å².